The van der Waals surface area contributed by atoms with Crippen molar-refractivity contribution in [2.45, 2.75) is 76.4 Å². The van der Waals surface area contributed by atoms with Gasteiger partial charge in [0.1, 0.15) is 17.2 Å². The molecular formula is C25H32FN5O3S. The quantitative estimate of drug-likeness (QED) is 0.511. The van der Waals surface area contributed by atoms with Gasteiger partial charge in [-0.1, -0.05) is 44.2 Å². The van der Waals surface area contributed by atoms with Crippen molar-refractivity contribution in [3.8, 4) is 0 Å². The van der Waals surface area contributed by atoms with Crippen LogP contribution in [0, 0.1) is 5.82 Å². The molecule has 8 nitrogen and oxygen atoms in total. The summed E-state index contributed by atoms with van der Waals surface area (Å²) in [7, 11) is 0. The lowest BCUT2D eigenvalue weighted by Gasteiger charge is -2.23. The number of nitrogens with zero attached hydrogens (tertiary/aromatic N) is 2. The van der Waals surface area contributed by atoms with Crippen LogP contribution < -0.4 is 16.4 Å². The molecular weight excluding hydrogens is 469 g/mol. The number of nitrogens with one attached hydrogen (secondary N) is 2. The van der Waals surface area contributed by atoms with Gasteiger partial charge in [0.25, 0.3) is 11.8 Å². The second kappa shape index (κ2) is 11.6. The molecule has 10 heteroatoms. The third kappa shape index (κ3) is 6.56. The average Bonchev–Trinajstić information content (AvgIpc) is 3.49. The van der Waals surface area contributed by atoms with Crippen LogP contribution in [0.4, 0.5) is 10.1 Å². The molecule has 35 heavy (non-hydrogen) atoms. The Hall–Kier alpha value is -3.01. The molecule has 0 saturated heterocycles. The smallest absolute Gasteiger partial charge is 0.273 e. The van der Waals surface area contributed by atoms with E-state index in [0.29, 0.717) is 5.56 Å². The maximum absolute atomic E-state index is 13.5. The van der Waals surface area contributed by atoms with Crippen molar-refractivity contribution in [3.05, 3.63) is 46.2 Å². The van der Waals surface area contributed by atoms with E-state index in [1.165, 1.54) is 23.5 Å². The summed E-state index contributed by atoms with van der Waals surface area (Å²) in [6, 6.07) is 5.98. The van der Waals surface area contributed by atoms with Gasteiger partial charge in [-0.2, -0.15) is 4.37 Å². The van der Waals surface area contributed by atoms with E-state index in [0.717, 1.165) is 62.9 Å². The van der Waals surface area contributed by atoms with Gasteiger partial charge in [0.15, 0.2) is 5.69 Å². The molecule has 4 rings (SSSR count). The number of aromatic nitrogens is 1. The maximum Gasteiger partial charge on any atom is 0.273 e. The summed E-state index contributed by atoms with van der Waals surface area (Å²) in [5, 5.41) is 5.97. The maximum atomic E-state index is 13.5. The summed E-state index contributed by atoms with van der Waals surface area (Å²) in [5.41, 5.74) is 6.95. The molecule has 2 fully saturated rings. The van der Waals surface area contributed by atoms with Crippen LogP contribution in [-0.2, 0) is 11.3 Å². The summed E-state index contributed by atoms with van der Waals surface area (Å²) in [5.74, 6) is -1.51. The third-order valence-corrected chi connectivity index (χ3v) is 7.56. The summed E-state index contributed by atoms with van der Waals surface area (Å²) in [4.78, 5) is 40.5. The molecule has 1 aromatic heterocycles. The van der Waals surface area contributed by atoms with Crippen LogP contribution in [0.1, 0.15) is 83.5 Å². The van der Waals surface area contributed by atoms with Crippen molar-refractivity contribution >= 4 is 34.9 Å². The first-order valence-corrected chi connectivity index (χ1v) is 13.1. The molecule has 0 aliphatic heterocycles. The summed E-state index contributed by atoms with van der Waals surface area (Å²) < 4.78 is 17.6. The minimum atomic E-state index is -0.484. The number of nitrogens with two attached hydrogens (primary N) is 1. The van der Waals surface area contributed by atoms with E-state index in [4.69, 9.17) is 5.73 Å². The van der Waals surface area contributed by atoms with Crippen LogP contribution in [0.15, 0.2) is 24.3 Å². The Kier molecular flexibility index (Phi) is 8.33. The van der Waals surface area contributed by atoms with Crippen LogP contribution in [0.2, 0.25) is 0 Å². The Morgan fingerprint density at radius 3 is 2.23 bits per heavy atom. The summed E-state index contributed by atoms with van der Waals surface area (Å²) in [6.07, 6.45) is 9.16. The zero-order valence-corrected chi connectivity index (χ0v) is 20.5. The molecule has 0 spiro atoms. The van der Waals surface area contributed by atoms with Crippen molar-refractivity contribution in [1.82, 2.24) is 19.9 Å². The van der Waals surface area contributed by atoms with Gasteiger partial charge in [0, 0.05) is 18.6 Å². The molecule has 0 unspecified atom stereocenters. The number of carbonyl (C=O) groups excluding carboxylic acids is 3. The Labute approximate surface area is 208 Å². The van der Waals surface area contributed by atoms with Crippen molar-refractivity contribution in [2.24, 2.45) is 0 Å². The van der Waals surface area contributed by atoms with E-state index in [1.807, 2.05) is 0 Å². The lowest BCUT2D eigenvalue weighted by Crippen LogP contribution is -2.43. The minimum Gasteiger partial charge on any atom is -0.395 e. The Bertz CT molecular complexity index is 1050. The first-order valence-electron chi connectivity index (χ1n) is 12.3. The number of amides is 3. The van der Waals surface area contributed by atoms with Gasteiger partial charge in [0.2, 0.25) is 5.91 Å². The Morgan fingerprint density at radius 2 is 1.57 bits per heavy atom. The van der Waals surface area contributed by atoms with E-state index in [1.54, 1.807) is 12.1 Å². The van der Waals surface area contributed by atoms with Crippen LogP contribution in [0.25, 0.3) is 0 Å². The fourth-order valence-electron chi connectivity index (χ4n) is 4.79. The number of carbonyl (C=O) groups is 3. The van der Waals surface area contributed by atoms with Crippen molar-refractivity contribution in [1.29, 1.82) is 0 Å². The Balaban J connectivity index is 1.49. The fraction of sp³-hybridized carbons (Fsp3) is 0.520. The highest BCUT2D eigenvalue weighted by Gasteiger charge is 2.29. The monoisotopic (exact) mass is 501 g/mol. The molecule has 2 aliphatic rings. The predicted molar refractivity (Wildman–Crippen MR) is 132 cm³/mol. The lowest BCUT2D eigenvalue weighted by molar-refractivity contribution is -0.122. The number of rotatable bonds is 8. The van der Waals surface area contributed by atoms with Crippen LogP contribution in [0.5, 0.6) is 0 Å². The zero-order chi connectivity index (χ0) is 24.8. The molecule has 188 valence electrons. The highest BCUT2D eigenvalue weighted by molar-refractivity contribution is 7.09. The normalized spacial score (nSPS) is 16.7. The minimum absolute atomic E-state index is 0.0219. The molecule has 4 N–H and O–H groups in total. The first kappa shape index (κ1) is 25.1. The number of hydrogen-bond donors (Lipinski definition) is 3. The molecule has 3 amide bonds. The van der Waals surface area contributed by atoms with Gasteiger partial charge < -0.3 is 21.3 Å². The van der Waals surface area contributed by atoms with Crippen LogP contribution in [0.3, 0.4) is 0 Å². The van der Waals surface area contributed by atoms with Gasteiger partial charge in [0.05, 0.1) is 5.69 Å². The standard InChI is InChI=1S/C25H32FN5O3S/c26-17-12-10-16(11-13-17)14-31(15-20(32)28-18-8-4-5-9-18)25(34)23-21(27)22(30-35-23)24(33)29-19-6-2-1-3-7-19/h10-13,18-19H,1-9,14-15,27H2,(H,28,32)(H,29,33). The zero-order valence-electron chi connectivity index (χ0n) is 19.7. The molecule has 1 aromatic carbocycles. The second-order valence-electron chi connectivity index (χ2n) is 9.42. The van der Waals surface area contributed by atoms with Crippen molar-refractivity contribution in [2.75, 3.05) is 12.3 Å². The summed E-state index contributed by atoms with van der Waals surface area (Å²) >= 11 is 0.857. The highest BCUT2D eigenvalue weighted by Crippen LogP contribution is 2.26. The molecule has 2 saturated carbocycles. The van der Waals surface area contributed by atoms with Crippen molar-refractivity contribution in [3.63, 3.8) is 0 Å². The third-order valence-electron chi connectivity index (χ3n) is 6.71. The molecule has 1 heterocycles. The molecule has 2 aliphatic carbocycles. The molecule has 0 bridgehead atoms. The van der Waals surface area contributed by atoms with Gasteiger partial charge in [-0.05, 0) is 54.9 Å². The van der Waals surface area contributed by atoms with Gasteiger partial charge in [-0.25, -0.2) is 4.39 Å². The van der Waals surface area contributed by atoms with Crippen LogP contribution in [-0.4, -0.2) is 45.6 Å². The van der Waals surface area contributed by atoms with Gasteiger partial charge in [-0.3, -0.25) is 14.4 Å². The summed E-state index contributed by atoms with van der Waals surface area (Å²) in [6.45, 7) is -0.0776. The van der Waals surface area contributed by atoms with Crippen LogP contribution >= 0.6 is 11.5 Å². The van der Waals surface area contributed by atoms with E-state index in [2.05, 4.69) is 15.0 Å². The van der Waals surface area contributed by atoms with Crippen molar-refractivity contribution < 1.29 is 18.8 Å². The SMILES string of the molecule is Nc1c(C(=O)NC2CCCCC2)nsc1C(=O)N(CC(=O)NC1CCCC1)Cc1ccc(F)cc1. The van der Waals surface area contributed by atoms with E-state index in [-0.39, 0.29) is 59.1 Å². The number of nitrogen functional groups attached to an aromatic ring is 1. The molecule has 2 aromatic rings. The van der Waals surface area contributed by atoms with Gasteiger partial charge >= 0.3 is 0 Å². The topological polar surface area (TPSA) is 117 Å². The first-order chi connectivity index (χ1) is 16.9. The number of benzene rings is 1. The lowest BCUT2D eigenvalue weighted by atomic mass is 9.95. The Morgan fingerprint density at radius 1 is 0.971 bits per heavy atom. The van der Waals surface area contributed by atoms with E-state index in [9.17, 15) is 18.8 Å². The molecule has 0 radical (unpaired) electrons. The second-order valence-corrected chi connectivity index (χ2v) is 10.2. The average molecular weight is 502 g/mol. The predicted octanol–water partition coefficient (Wildman–Crippen LogP) is 3.63. The van der Waals surface area contributed by atoms with E-state index < -0.39 is 5.91 Å². The van der Waals surface area contributed by atoms with Gasteiger partial charge in [-0.15, -0.1) is 0 Å². The van der Waals surface area contributed by atoms with E-state index >= 15 is 0 Å². The highest BCUT2D eigenvalue weighted by atomic mass is 32.1. The molecule has 0 atom stereocenters. The number of anilines is 1. The largest absolute Gasteiger partial charge is 0.395 e. The number of halogens is 1. The number of hydrogen-bond acceptors (Lipinski definition) is 6. The fourth-order valence-corrected chi connectivity index (χ4v) is 5.55.